The first-order valence-electron chi connectivity index (χ1n) is 3.83. The smallest absolute Gasteiger partial charge is 0.310 e. The van der Waals surface area contributed by atoms with Gasteiger partial charge >= 0.3 is 5.97 Å². The largest absolute Gasteiger partial charge is 0.507 e. The molecule has 0 heterocycles. The third-order valence-electron chi connectivity index (χ3n) is 1.46. The van der Waals surface area contributed by atoms with Crippen molar-refractivity contribution >= 4 is 21.9 Å². The average molecular weight is 245 g/mol. The molecule has 0 aromatic heterocycles. The molecule has 0 aliphatic heterocycles. The van der Waals surface area contributed by atoms with Crippen molar-refractivity contribution in [2.45, 2.75) is 13.3 Å². The van der Waals surface area contributed by atoms with Crippen LogP contribution in [0, 0.1) is 0 Å². The molecule has 4 heteroatoms. The monoisotopic (exact) mass is 244 g/mol. The molecule has 0 saturated carbocycles. The Bertz CT molecular complexity index is 323. The molecule has 0 radical (unpaired) electrons. The summed E-state index contributed by atoms with van der Waals surface area (Å²) in [6, 6.07) is 4.73. The molecule has 0 aliphatic rings. The number of phenols is 1. The summed E-state index contributed by atoms with van der Waals surface area (Å²) in [6.45, 7) is 1.71. The van der Waals surface area contributed by atoms with Crippen molar-refractivity contribution in [3.63, 3.8) is 0 Å². The second-order valence-corrected chi connectivity index (χ2v) is 3.21. The highest BCUT2D eigenvalue weighted by Gasteiger charge is 2.08. The van der Waals surface area contributed by atoms with Crippen LogP contribution in [0.1, 0.15) is 13.3 Å². The van der Waals surface area contributed by atoms with E-state index in [1.54, 1.807) is 19.1 Å². The van der Waals surface area contributed by atoms with Crippen molar-refractivity contribution in [3.05, 3.63) is 22.7 Å². The zero-order valence-electron chi connectivity index (χ0n) is 7.08. The van der Waals surface area contributed by atoms with Crippen LogP contribution in [0.2, 0.25) is 0 Å². The quantitative estimate of drug-likeness (QED) is 0.643. The summed E-state index contributed by atoms with van der Waals surface area (Å²) in [5.74, 6) is 0.0690. The van der Waals surface area contributed by atoms with Gasteiger partial charge in [-0.05, 0) is 28.1 Å². The summed E-state index contributed by atoms with van der Waals surface area (Å²) in [6.07, 6.45) is 0.308. The van der Waals surface area contributed by atoms with Crippen LogP contribution in [0.3, 0.4) is 0 Å². The lowest BCUT2D eigenvalue weighted by Gasteiger charge is -2.05. The summed E-state index contributed by atoms with van der Waals surface area (Å²) in [4.78, 5) is 10.9. The van der Waals surface area contributed by atoms with Crippen molar-refractivity contribution in [2.75, 3.05) is 0 Å². The lowest BCUT2D eigenvalue weighted by molar-refractivity contribution is -0.134. The second kappa shape index (κ2) is 4.28. The first kappa shape index (κ1) is 10.1. The normalized spacial score (nSPS) is 9.69. The number of halogens is 1. The van der Waals surface area contributed by atoms with Gasteiger partial charge in [0.05, 0.1) is 0 Å². The van der Waals surface area contributed by atoms with Gasteiger partial charge in [-0.25, -0.2) is 0 Å². The highest BCUT2D eigenvalue weighted by molar-refractivity contribution is 9.10. The maximum absolute atomic E-state index is 10.9. The molecule has 1 aromatic rings. The predicted octanol–water partition coefficient (Wildman–Crippen LogP) is 2.47. The molecular formula is C9H9BrO3. The Morgan fingerprint density at radius 3 is 2.92 bits per heavy atom. The Balaban J connectivity index is 2.89. The molecule has 1 N–H and O–H groups in total. The minimum Gasteiger partial charge on any atom is -0.507 e. The third-order valence-corrected chi connectivity index (χ3v) is 2.25. The van der Waals surface area contributed by atoms with Gasteiger partial charge in [-0.2, -0.15) is 0 Å². The van der Waals surface area contributed by atoms with Crippen molar-refractivity contribution in [3.8, 4) is 11.5 Å². The standard InChI is InChI=1S/C9H9BrO3/c1-2-8(12)13-7-5-3-4-6(11)9(7)10/h3-5,11H,2H2,1H3. The zero-order chi connectivity index (χ0) is 9.84. The summed E-state index contributed by atoms with van der Waals surface area (Å²) < 4.78 is 5.33. The molecule has 0 spiro atoms. The zero-order valence-corrected chi connectivity index (χ0v) is 8.67. The molecule has 1 aromatic carbocycles. The number of esters is 1. The van der Waals surface area contributed by atoms with Crippen molar-refractivity contribution in [2.24, 2.45) is 0 Å². The molecule has 70 valence electrons. The van der Waals surface area contributed by atoms with Crippen LogP contribution in [-0.4, -0.2) is 11.1 Å². The molecule has 0 saturated heterocycles. The van der Waals surface area contributed by atoms with E-state index in [4.69, 9.17) is 4.74 Å². The second-order valence-electron chi connectivity index (χ2n) is 2.42. The Morgan fingerprint density at radius 1 is 1.62 bits per heavy atom. The molecule has 3 nitrogen and oxygen atoms in total. The summed E-state index contributed by atoms with van der Waals surface area (Å²) in [5.41, 5.74) is 0. The average Bonchev–Trinajstić information content (AvgIpc) is 2.13. The molecule has 0 unspecified atom stereocenters. The highest BCUT2D eigenvalue weighted by atomic mass is 79.9. The van der Waals surface area contributed by atoms with Gasteiger partial charge in [-0.1, -0.05) is 13.0 Å². The molecule has 0 fully saturated rings. The van der Waals surface area contributed by atoms with Crippen molar-refractivity contribution < 1.29 is 14.6 Å². The van der Waals surface area contributed by atoms with Crippen LogP contribution in [0.4, 0.5) is 0 Å². The summed E-state index contributed by atoms with van der Waals surface area (Å²) >= 11 is 3.11. The van der Waals surface area contributed by atoms with Crippen molar-refractivity contribution in [1.29, 1.82) is 0 Å². The van der Waals surface area contributed by atoms with Crippen LogP contribution in [0.25, 0.3) is 0 Å². The SMILES string of the molecule is CCC(=O)Oc1cccc(O)c1Br. The van der Waals surface area contributed by atoms with Gasteiger partial charge in [-0.3, -0.25) is 4.79 Å². The fraction of sp³-hybridized carbons (Fsp3) is 0.222. The number of hydrogen-bond donors (Lipinski definition) is 1. The van der Waals surface area contributed by atoms with Gasteiger partial charge in [0.25, 0.3) is 0 Å². The first-order valence-corrected chi connectivity index (χ1v) is 4.62. The molecule has 0 aliphatic carbocycles. The van der Waals surface area contributed by atoms with Gasteiger partial charge in [0.1, 0.15) is 16.0 Å². The molecular weight excluding hydrogens is 236 g/mol. The van der Waals surface area contributed by atoms with E-state index < -0.39 is 0 Å². The Labute approximate surface area is 84.5 Å². The highest BCUT2D eigenvalue weighted by Crippen LogP contribution is 2.33. The fourth-order valence-corrected chi connectivity index (χ4v) is 1.12. The lowest BCUT2D eigenvalue weighted by Crippen LogP contribution is -2.05. The van der Waals surface area contributed by atoms with E-state index in [-0.39, 0.29) is 11.7 Å². The summed E-state index contributed by atoms with van der Waals surface area (Å²) in [5, 5.41) is 9.25. The molecule has 1 rings (SSSR count). The predicted molar refractivity (Wildman–Crippen MR) is 51.7 cm³/mol. The van der Waals surface area contributed by atoms with Crippen LogP contribution in [-0.2, 0) is 4.79 Å². The topological polar surface area (TPSA) is 46.5 Å². The van der Waals surface area contributed by atoms with E-state index in [1.165, 1.54) is 6.07 Å². The number of ether oxygens (including phenoxy) is 1. The van der Waals surface area contributed by atoms with Crippen molar-refractivity contribution in [1.82, 2.24) is 0 Å². The number of benzene rings is 1. The van der Waals surface area contributed by atoms with Crippen LogP contribution < -0.4 is 4.74 Å². The minimum absolute atomic E-state index is 0.0569. The fourth-order valence-electron chi connectivity index (χ4n) is 0.773. The van der Waals surface area contributed by atoms with E-state index in [1.807, 2.05) is 0 Å². The van der Waals surface area contributed by atoms with E-state index in [9.17, 15) is 9.90 Å². The van der Waals surface area contributed by atoms with Crippen LogP contribution in [0.5, 0.6) is 11.5 Å². The third kappa shape index (κ3) is 2.45. The first-order chi connectivity index (χ1) is 6.15. The number of aromatic hydroxyl groups is 1. The van der Waals surface area contributed by atoms with Gasteiger partial charge in [0.2, 0.25) is 0 Å². The van der Waals surface area contributed by atoms with Crippen LogP contribution >= 0.6 is 15.9 Å². The Hall–Kier alpha value is -1.03. The van der Waals surface area contributed by atoms with E-state index in [0.29, 0.717) is 16.6 Å². The number of phenolic OH excluding ortho intramolecular Hbond substituents is 1. The number of rotatable bonds is 2. The van der Waals surface area contributed by atoms with Gasteiger partial charge in [0, 0.05) is 6.42 Å². The maximum Gasteiger partial charge on any atom is 0.310 e. The molecule has 0 bridgehead atoms. The molecule has 13 heavy (non-hydrogen) atoms. The van der Waals surface area contributed by atoms with E-state index in [2.05, 4.69) is 15.9 Å². The Morgan fingerprint density at radius 2 is 2.31 bits per heavy atom. The number of carbonyl (C=O) groups is 1. The molecule has 0 atom stereocenters. The maximum atomic E-state index is 10.9. The Kier molecular flexibility index (Phi) is 3.31. The number of carbonyl (C=O) groups excluding carboxylic acids is 1. The number of hydrogen-bond acceptors (Lipinski definition) is 3. The molecule has 0 amide bonds. The minimum atomic E-state index is -0.327. The van der Waals surface area contributed by atoms with Gasteiger partial charge in [0.15, 0.2) is 0 Å². The van der Waals surface area contributed by atoms with E-state index >= 15 is 0 Å². The van der Waals surface area contributed by atoms with Crippen LogP contribution in [0.15, 0.2) is 22.7 Å². The summed E-state index contributed by atoms with van der Waals surface area (Å²) in [7, 11) is 0. The van der Waals surface area contributed by atoms with Gasteiger partial charge < -0.3 is 9.84 Å². The lowest BCUT2D eigenvalue weighted by atomic mass is 10.3. The van der Waals surface area contributed by atoms with E-state index in [0.717, 1.165) is 0 Å². The van der Waals surface area contributed by atoms with Gasteiger partial charge in [-0.15, -0.1) is 0 Å².